The minimum absolute atomic E-state index is 0.00815. The van der Waals surface area contributed by atoms with Gasteiger partial charge in [-0.25, -0.2) is 9.78 Å². The van der Waals surface area contributed by atoms with Crippen molar-refractivity contribution in [2.24, 2.45) is 0 Å². The van der Waals surface area contributed by atoms with Crippen LogP contribution in [0.3, 0.4) is 0 Å². The average molecular weight is 494 g/mol. The van der Waals surface area contributed by atoms with Crippen LogP contribution in [0, 0.1) is 0 Å². The predicted octanol–water partition coefficient (Wildman–Crippen LogP) is 4.09. The molecule has 0 fully saturated rings. The second-order valence-electron chi connectivity index (χ2n) is 8.36. The summed E-state index contributed by atoms with van der Waals surface area (Å²) in [5.41, 5.74) is 5.22. The van der Waals surface area contributed by atoms with Crippen molar-refractivity contribution in [1.29, 1.82) is 0 Å². The molecule has 2 aromatic carbocycles. The Morgan fingerprint density at radius 2 is 1.74 bits per heavy atom. The van der Waals surface area contributed by atoms with Crippen molar-refractivity contribution in [3.8, 4) is 11.1 Å². The van der Waals surface area contributed by atoms with Gasteiger partial charge in [0, 0.05) is 17.3 Å². The number of thiazole rings is 1. The summed E-state index contributed by atoms with van der Waals surface area (Å²) in [6.45, 7) is 2.25. The van der Waals surface area contributed by atoms with Gasteiger partial charge in [0.05, 0.1) is 25.1 Å². The second kappa shape index (κ2) is 11.1. The maximum atomic E-state index is 12.4. The number of nitrogens with one attached hydrogen (secondary N) is 2. The third kappa shape index (κ3) is 6.05. The number of rotatable bonds is 10. The van der Waals surface area contributed by atoms with Crippen molar-refractivity contribution >= 4 is 29.3 Å². The number of carbonyl (C=O) groups excluding carboxylic acids is 2. The number of benzene rings is 2. The zero-order chi connectivity index (χ0) is 24.8. The van der Waals surface area contributed by atoms with Gasteiger partial charge in [0.2, 0.25) is 5.91 Å². The number of fused-ring (bicyclic) bond motifs is 3. The van der Waals surface area contributed by atoms with Gasteiger partial charge in [-0.2, -0.15) is 0 Å². The number of aliphatic carboxylic acids is 1. The molecule has 0 aliphatic heterocycles. The number of hydrogen-bond donors (Lipinski definition) is 3. The van der Waals surface area contributed by atoms with Gasteiger partial charge in [-0.05, 0) is 28.7 Å². The van der Waals surface area contributed by atoms with Crippen molar-refractivity contribution in [2.45, 2.75) is 44.7 Å². The van der Waals surface area contributed by atoms with Gasteiger partial charge in [0.25, 0.3) is 0 Å². The lowest BCUT2D eigenvalue weighted by atomic mass is 9.98. The molecule has 9 heteroatoms. The molecule has 0 saturated carbocycles. The Morgan fingerprint density at radius 1 is 1.09 bits per heavy atom. The van der Waals surface area contributed by atoms with E-state index in [1.54, 1.807) is 5.38 Å². The summed E-state index contributed by atoms with van der Waals surface area (Å²) in [7, 11) is 0. The molecule has 0 unspecified atom stereocenters. The smallest absolute Gasteiger partial charge is 0.407 e. The lowest BCUT2D eigenvalue weighted by Gasteiger charge is -2.14. The Bertz CT molecular complexity index is 1180. The minimum Gasteiger partial charge on any atom is -0.481 e. The van der Waals surface area contributed by atoms with E-state index in [0.717, 1.165) is 11.1 Å². The molecule has 0 bridgehead atoms. The van der Waals surface area contributed by atoms with Crippen molar-refractivity contribution in [3.05, 3.63) is 75.7 Å². The fraction of sp³-hybridized carbons (Fsp3) is 0.308. The van der Waals surface area contributed by atoms with Crippen LogP contribution in [-0.2, 0) is 27.3 Å². The Kier molecular flexibility index (Phi) is 7.77. The van der Waals surface area contributed by atoms with Crippen LogP contribution in [0.25, 0.3) is 11.1 Å². The van der Waals surface area contributed by atoms with E-state index in [-0.39, 0.29) is 37.8 Å². The van der Waals surface area contributed by atoms with Crippen LogP contribution in [0.15, 0.2) is 53.9 Å². The number of carboxylic acid groups (broad SMARTS) is 1. The van der Waals surface area contributed by atoms with Gasteiger partial charge in [0.15, 0.2) is 0 Å². The van der Waals surface area contributed by atoms with Crippen molar-refractivity contribution in [3.63, 3.8) is 0 Å². The molecule has 35 heavy (non-hydrogen) atoms. The Morgan fingerprint density at radius 3 is 2.37 bits per heavy atom. The topological polar surface area (TPSA) is 118 Å². The molecular weight excluding hydrogens is 466 g/mol. The van der Waals surface area contributed by atoms with Gasteiger partial charge < -0.3 is 20.5 Å². The zero-order valence-corrected chi connectivity index (χ0v) is 20.1. The van der Waals surface area contributed by atoms with E-state index < -0.39 is 18.1 Å². The van der Waals surface area contributed by atoms with Crippen LogP contribution < -0.4 is 10.6 Å². The maximum absolute atomic E-state index is 12.4. The van der Waals surface area contributed by atoms with Gasteiger partial charge in [0.1, 0.15) is 11.6 Å². The highest BCUT2D eigenvalue weighted by Gasteiger charge is 2.29. The number of carboxylic acids is 1. The van der Waals surface area contributed by atoms with E-state index >= 15 is 0 Å². The minimum atomic E-state index is -0.951. The third-order valence-electron chi connectivity index (χ3n) is 5.95. The van der Waals surface area contributed by atoms with Gasteiger partial charge in [-0.15, -0.1) is 11.3 Å². The van der Waals surface area contributed by atoms with Crippen molar-refractivity contribution < 1.29 is 24.2 Å². The van der Waals surface area contributed by atoms with Crippen LogP contribution in [0.2, 0.25) is 0 Å². The molecule has 0 spiro atoms. The normalized spacial score (nSPS) is 12.9. The predicted molar refractivity (Wildman–Crippen MR) is 132 cm³/mol. The Hall–Kier alpha value is -3.72. The van der Waals surface area contributed by atoms with Gasteiger partial charge >= 0.3 is 12.1 Å². The first-order chi connectivity index (χ1) is 16.9. The second-order valence-corrected chi connectivity index (χ2v) is 9.30. The van der Waals surface area contributed by atoms with E-state index in [2.05, 4.69) is 39.9 Å². The van der Waals surface area contributed by atoms with E-state index in [1.165, 1.54) is 22.5 Å². The summed E-state index contributed by atoms with van der Waals surface area (Å²) < 4.78 is 5.54. The fourth-order valence-corrected chi connectivity index (χ4v) is 4.99. The first-order valence-electron chi connectivity index (χ1n) is 11.5. The largest absolute Gasteiger partial charge is 0.481 e. The number of alkyl carbamates (subject to hydrolysis) is 1. The van der Waals surface area contributed by atoms with Crippen LogP contribution >= 0.6 is 11.3 Å². The Labute approximate surface area is 207 Å². The summed E-state index contributed by atoms with van der Waals surface area (Å²) in [5.74, 6) is -1.24. The van der Waals surface area contributed by atoms with E-state index in [4.69, 9.17) is 9.84 Å². The molecule has 2 amide bonds. The maximum Gasteiger partial charge on any atom is 0.407 e. The summed E-state index contributed by atoms with van der Waals surface area (Å²) in [6, 6.07) is 15.9. The summed E-state index contributed by atoms with van der Waals surface area (Å²) in [6.07, 6.45) is -0.0582. The number of ether oxygens (including phenoxy) is 1. The molecule has 182 valence electrons. The lowest BCUT2D eigenvalue weighted by Crippen LogP contribution is -2.37. The van der Waals surface area contributed by atoms with Crippen LogP contribution in [0.5, 0.6) is 0 Å². The number of carbonyl (C=O) groups is 3. The molecule has 1 atom stereocenters. The molecule has 1 aliphatic rings. The Balaban J connectivity index is 1.26. The summed E-state index contributed by atoms with van der Waals surface area (Å²) >= 11 is 1.34. The molecule has 1 aromatic heterocycles. The number of amides is 2. The SMILES string of the molecule is CC[C@@H](CC(=O)O)NC(=O)Cc1csc(CNC(=O)OCC2c3ccccc3-c3ccccc32)n1. The highest BCUT2D eigenvalue weighted by atomic mass is 32.1. The molecule has 0 saturated heterocycles. The number of nitrogens with zero attached hydrogens (tertiary/aromatic N) is 1. The van der Waals surface area contributed by atoms with Crippen LogP contribution in [0.1, 0.15) is 47.5 Å². The number of aromatic nitrogens is 1. The molecular formula is C26H27N3O5S. The molecule has 4 rings (SSSR count). The van der Waals surface area contributed by atoms with Crippen molar-refractivity contribution in [1.82, 2.24) is 15.6 Å². The molecule has 1 heterocycles. The summed E-state index contributed by atoms with van der Waals surface area (Å²) in [4.78, 5) is 39.8. The molecule has 1 aliphatic carbocycles. The van der Waals surface area contributed by atoms with E-state index in [9.17, 15) is 14.4 Å². The molecule has 8 nitrogen and oxygen atoms in total. The first-order valence-corrected chi connectivity index (χ1v) is 12.4. The monoisotopic (exact) mass is 493 g/mol. The highest BCUT2D eigenvalue weighted by molar-refractivity contribution is 7.09. The standard InChI is InChI=1S/C26H27N3O5S/c1-2-16(12-25(31)32)28-23(30)11-17-15-35-24(29-17)13-27-26(33)34-14-22-20-9-5-3-7-18(20)19-8-4-6-10-21(19)22/h3-10,15-16,22H,2,11-14H2,1H3,(H,27,33)(H,28,30)(H,31,32)/t16-/m0/s1. The van der Waals surface area contributed by atoms with Crippen LogP contribution in [-0.4, -0.2) is 40.7 Å². The zero-order valence-electron chi connectivity index (χ0n) is 19.3. The quantitative estimate of drug-likeness (QED) is 0.392. The summed E-state index contributed by atoms with van der Waals surface area (Å²) in [5, 5.41) is 16.8. The highest BCUT2D eigenvalue weighted by Crippen LogP contribution is 2.44. The average Bonchev–Trinajstić information content (AvgIpc) is 3.42. The third-order valence-corrected chi connectivity index (χ3v) is 6.85. The lowest BCUT2D eigenvalue weighted by molar-refractivity contribution is -0.137. The first kappa shape index (κ1) is 24.4. The van der Waals surface area contributed by atoms with Gasteiger partial charge in [-0.1, -0.05) is 55.5 Å². The van der Waals surface area contributed by atoms with E-state index in [0.29, 0.717) is 17.1 Å². The van der Waals surface area contributed by atoms with Crippen molar-refractivity contribution in [2.75, 3.05) is 6.61 Å². The number of hydrogen-bond acceptors (Lipinski definition) is 6. The molecule has 3 aromatic rings. The van der Waals surface area contributed by atoms with E-state index in [1.807, 2.05) is 31.2 Å². The fourth-order valence-electron chi connectivity index (χ4n) is 4.26. The van der Waals surface area contributed by atoms with Crippen LogP contribution in [0.4, 0.5) is 4.79 Å². The molecule has 3 N–H and O–H groups in total. The molecule has 0 radical (unpaired) electrons. The van der Waals surface area contributed by atoms with Gasteiger partial charge in [-0.3, -0.25) is 9.59 Å².